The second kappa shape index (κ2) is 63.8. The number of unbranched alkanes of at least 4 members (excludes halogenated alkanes) is 29. The smallest absolute Gasteiger partial charge is 0.462 e. The lowest BCUT2D eigenvalue weighted by molar-refractivity contribution is -0.161. The van der Waals surface area contributed by atoms with E-state index < -0.39 is 32.5 Å². The summed E-state index contributed by atoms with van der Waals surface area (Å²) in [6.07, 6.45) is 87.6. The van der Waals surface area contributed by atoms with Gasteiger partial charge in [-0.3, -0.25) is 18.6 Å². The fourth-order valence-corrected chi connectivity index (χ4v) is 9.66. The van der Waals surface area contributed by atoms with Gasteiger partial charge in [0.1, 0.15) is 6.61 Å². The summed E-state index contributed by atoms with van der Waals surface area (Å²) in [4.78, 5) is 35.2. The number of nitrogens with two attached hydrogens (primary N) is 1. The highest BCUT2D eigenvalue weighted by Gasteiger charge is 2.26. The van der Waals surface area contributed by atoms with Gasteiger partial charge < -0.3 is 20.1 Å². The molecule has 0 aromatic carbocycles. The van der Waals surface area contributed by atoms with E-state index >= 15 is 0 Å². The summed E-state index contributed by atoms with van der Waals surface area (Å²) in [5.74, 6) is -0.895. The third kappa shape index (κ3) is 63.7. The monoisotopic (exact) mass is 1120 g/mol. The molecule has 0 radical (unpaired) electrons. The Bertz CT molecular complexity index is 1660. The standard InChI is InChI=1S/C69H120NO8P/c1-3-5-7-9-11-13-15-17-19-21-23-25-27-28-29-30-31-32-33-34-35-36-37-38-40-41-43-45-47-49-51-53-55-57-59-61-68(71)75-65-67(66-77-79(73,74)76-64-63-70)78-69(72)62-60-58-56-54-52-50-48-46-44-42-39-26-24-22-20-18-16-14-12-10-8-6-4-2/h6,8,12,14-15,17-18,20-21,23-24,26,42,44,48,50,54,56,67H,3-5,7,9-11,13,16,19,22,25,27-41,43,45-47,49,51-53,55,57-66,70H2,1-2H3,(H,73,74)/b8-6-,14-12-,17-15-,20-18-,23-21-,26-24-,44-42-,50-48-,56-54-. The summed E-state index contributed by atoms with van der Waals surface area (Å²) in [7, 11) is -4.41. The lowest BCUT2D eigenvalue weighted by Crippen LogP contribution is -2.29. The van der Waals surface area contributed by atoms with E-state index in [1.165, 1.54) is 173 Å². The maximum absolute atomic E-state index is 12.7. The molecule has 0 aliphatic carbocycles. The van der Waals surface area contributed by atoms with Crippen molar-refractivity contribution in [2.45, 2.75) is 290 Å². The first-order valence-electron chi connectivity index (χ1n) is 32.4. The molecule has 10 heteroatoms. The largest absolute Gasteiger partial charge is 0.472 e. The van der Waals surface area contributed by atoms with Crippen molar-refractivity contribution in [3.8, 4) is 0 Å². The van der Waals surface area contributed by atoms with Crippen LogP contribution in [0.2, 0.25) is 0 Å². The van der Waals surface area contributed by atoms with Crippen LogP contribution in [0.5, 0.6) is 0 Å². The minimum absolute atomic E-state index is 0.0398. The summed E-state index contributed by atoms with van der Waals surface area (Å²) >= 11 is 0. The van der Waals surface area contributed by atoms with Crippen molar-refractivity contribution >= 4 is 19.8 Å². The Balaban J connectivity index is 3.93. The summed E-state index contributed by atoms with van der Waals surface area (Å²) in [5, 5.41) is 0. The van der Waals surface area contributed by atoms with E-state index in [1.54, 1.807) is 0 Å². The first kappa shape index (κ1) is 75.7. The van der Waals surface area contributed by atoms with E-state index in [9.17, 15) is 19.0 Å². The summed E-state index contributed by atoms with van der Waals surface area (Å²) < 4.78 is 33.0. The molecular formula is C69H120NO8P. The number of esters is 2. The van der Waals surface area contributed by atoms with Crippen molar-refractivity contribution in [3.63, 3.8) is 0 Å². The minimum Gasteiger partial charge on any atom is -0.462 e. The quantitative estimate of drug-likeness (QED) is 0.0264. The normalized spacial score (nSPS) is 13.7. The van der Waals surface area contributed by atoms with Crippen molar-refractivity contribution in [3.05, 3.63) is 109 Å². The van der Waals surface area contributed by atoms with E-state index in [0.717, 1.165) is 70.6 Å². The van der Waals surface area contributed by atoms with Gasteiger partial charge in [-0.2, -0.15) is 0 Å². The number of ether oxygens (including phenoxy) is 2. The molecular weight excluding hydrogens is 1000 g/mol. The first-order chi connectivity index (χ1) is 38.8. The van der Waals surface area contributed by atoms with Crippen LogP contribution in [0.3, 0.4) is 0 Å². The van der Waals surface area contributed by atoms with Crippen LogP contribution in [0.1, 0.15) is 284 Å². The van der Waals surface area contributed by atoms with Gasteiger partial charge in [0.25, 0.3) is 0 Å². The van der Waals surface area contributed by atoms with Gasteiger partial charge >= 0.3 is 19.8 Å². The molecule has 0 aliphatic heterocycles. The molecule has 0 saturated carbocycles. The summed E-state index contributed by atoms with van der Waals surface area (Å²) in [6, 6.07) is 0. The Kier molecular flexibility index (Phi) is 61.2. The molecule has 0 bridgehead atoms. The average Bonchev–Trinajstić information content (AvgIpc) is 3.44. The fraction of sp³-hybridized carbons (Fsp3) is 0.710. The Hall–Kier alpha value is -3.33. The molecule has 2 unspecified atom stereocenters. The molecule has 9 nitrogen and oxygen atoms in total. The number of phosphoric acid groups is 1. The van der Waals surface area contributed by atoms with Gasteiger partial charge in [0.05, 0.1) is 13.2 Å². The third-order valence-corrected chi connectivity index (χ3v) is 14.6. The second-order valence-corrected chi connectivity index (χ2v) is 22.7. The Morgan fingerprint density at radius 1 is 0.392 bits per heavy atom. The van der Waals surface area contributed by atoms with Gasteiger partial charge in [0.15, 0.2) is 6.10 Å². The predicted octanol–water partition coefficient (Wildman–Crippen LogP) is 21.0. The van der Waals surface area contributed by atoms with Crippen molar-refractivity contribution in [1.29, 1.82) is 0 Å². The predicted molar refractivity (Wildman–Crippen MR) is 339 cm³/mol. The van der Waals surface area contributed by atoms with E-state index in [2.05, 4.69) is 117 Å². The topological polar surface area (TPSA) is 134 Å². The van der Waals surface area contributed by atoms with Crippen LogP contribution in [-0.4, -0.2) is 49.3 Å². The Labute approximate surface area is 486 Å². The minimum atomic E-state index is -4.41. The van der Waals surface area contributed by atoms with Gasteiger partial charge in [0, 0.05) is 19.4 Å². The van der Waals surface area contributed by atoms with Crippen LogP contribution in [0.25, 0.3) is 0 Å². The number of allylic oxidation sites excluding steroid dienone is 18. The molecule has 0 rings (SSSR count). The lowest BCUT2D eigenvalue weighted by Gasteiger charge is -2.19. The number of rotatable bonds is 60. The highest BCUT2D eigenvalue weighted by atomic mass is 31.2. The highest BCUT2D eigenvalue weighted by molar-refractivity contribution is 7.47. The van der Waals surface area contributed by atoms with Gasteiger partial charge in [0.2, 0.25) is 0 Å². The van der Waals surface area contributed by atoms with E-state index in [1.807, 2.05) is 6.08 Å². The van der Waals surface area contributed by atoms with Gasteiger partial charge in [-0.25, -0.2) is 4.57 Å². The maximum atomic E-state index is 12.7. The second-order valence-electron chi connectivity index (χ2n) is 21.2. The Morgan fingerprint density at radius 3 is 1.08 bits per heavy atom. The number of phosphoric ester groups is 1. The van der Waals surface area contributed by atoms with E-state index in [-0.39, 0.29) is 32.6 Å². The molecule has 0 fully saturated rings. The zero-order valence-corrected chi connectivity index (χ0v) is 51.7. The molecule has 0 saturated heterocycles. The molecule has 79 heavy (non-hydrogen) atoms. The molecule has 0 spiro atoms. The van der Waals surface area contributed by atoms with Gasteiger partial charge in [-0.05, 0) is 96.3 Å². The van der Waals surface area contributed by atoms with Gasteiger partial charge in [-0.15, -0.1) is 0 Å². The zero-order valence-electron chi connectivity index (χ0n) is 50.8. The number of hydrogen-bond donors (Lipinski definition) is 2. The van der Waals surface area contributed by atoms with Crippen LogP contribution < -0.4 is 5.73 Å². The van der Waals surface area contributed by atoms with Crippen molar-refractivity contribution in [1.82, 2.24) is 0 Å². The maximum Gasteiger partial charge on any atom is 0.472 e. The molecule has 0 aromatic rings. The van der Waals surface area contributed by atoms with Crippen LogP contribution in [0, 0.1) is 0 Å². The molecule has 454 valence electrons. The lowest BCUT2D eigenvalue weighted by atomic mass is 10.0. The first-order valence-corrected chi connectivity index (χ1v) is 33.9. The Morgan fingerprint density at radius 2 is 0.709 bits per heavy atom. The molecule has 0 amide bonds. The van der Waals surface area contributed by atoms with Crippen molar-refractivity contribution in [2.75, 3.05) is 26.4 Å². The van der Waals surface area contributed by atoms with Crippen molar-refractivity contribution in [2.24, 2.45) is 5.73 Å². The average molecular weight is 1120 g/mol. The summed E-state index contributed by atoms with van der Waals surface area (Å²) in [5.41, 5.74) is 5.38. The van der Waals surface area contributed by atoms with E-state index in [0.29, 0.717) is 12.8 Å². The summed E-state index contributed by atoms with van der Waals surface area (Å²) in [6.45, 7) is 3.57. The SMILES string of the molecule is CC/C=C\C/C=C\C/C=C\C/C=C\C/C=C\C/C=C\C/C=C\CCCC(=O)OC(COC(=O)CCCCCCCCCCCCCCCCCCCCCCCCC/C=C\C/C=C\CCCCCCC)COP(=O)(O)OCCN. The van der Waals surface area contributed by atoms with Crippen LogP contribution in [0.15, 0.2) is 109 Å². The fourth-order valence-electron chi connectivity index (χ4n) is 8.89. The molecule has 3 N–H and O–H groups in total. The molecule has 0 aromatic heterocycles. The molecule has 2 atom stereocenters. The number of carbonyl (C=O) groups is 2. The van der Waals surface area contributed by atoms with Crippen LogP contribution >= 0.6 is 7.82 Å². The van der Waals surface area contributed by atoms with Crippen LogP contribution in [-0.2, 0) is 32.7 Å². The third-order valence-electron chi connectivity index (χ3n) is 13.6. The van der Waals surface area contributed by atoms with E-state index in [4.69, 9.17) is 24.3 Å². The number of carbonyl (C=O) groups excluding carboxylic acids is 2. The number of hydrogen-bond acceptors (Lipinski definition) is 8. The molecule has 0 heterocycles. The zero-order chi connectivity index (χ0) is 57.3. The van der Waals surface area contributed by atoms with Crippen LogP contribution in [0.4, 0.5) is 0 Å². The van der Waals surface area contributed by atoms with Gasteiger partial charge in [-0.1, -0.05) is 284 Å². The van der Waals surface area contributed by atoms with Crippen molar-refractivity contribution < 1.29 is 37.6 Å². The molecule has 0 aliphatic rings. The highest BCUT2D eigenvalue weighted by Crippen LogP contribution is 2.43.